The van der Waals surface area contributed by atoms with E-state index in [1.54, 1.807) is 11.8 Å². The van der Waals surface area contributed by atoms with E-state index < -0.39 is 18.1 Å². The number of Topliss-reactive ketones (excluding diaryl/α,β-unsaturated/α-hetero) is 1. The van der Waals surface area contributed by atoms with E-state index in [0.29, 0.717) is 5.75 Å². The van der Waals surface area contributed by atoms with Crippen LogP contribution in [0.1, 0.15) is 11.5 Å². The molecule has 0 spiro atoms. The average Bonchev–Trinajstić information content (AvgIpc) is 3.29. The van der Waals surface area contributed by atoms with Crippen LogP contribution in [0.4, 0.5) is 0 Å². The maximum Gasteiger partial charge on any atom is 0.167 e. The van der Waals surface area contributed by atoms with Crippen LogP contribution in [-0.4, -0.2) is 34.0 Å². The minimum Gasteiger partial charge on any atom is -0.391 e. The van der Waals surface area contributed by atoms with Crippen molar-refractivity contribution in [3.63, 3.8) is 0 Å². The summed E-state index contributed by atoms with van der Waals surface area (Å²) in [6.45, 7) is 0. The number of carbonyl (C=O) groups is 1. The van der Waals surface area contributed by atoms with Gasteiger partial charge in [-0.2, -0.15) is 0 Å². The molecule has 4 heteroatoms. The molecule has 2 fully saturated rings. The number of thioether (sulfide) groups is 1. The molecule has 4 rings (SSSR count). The van der Waals surface area contributed by atoms with E-state index in [0.717, 1.165) is 10.5 Å². The highest BCUT2D eigenvalue weighted by Gasteiger charge is 2.68. The molecule has 124 valence electrons. The molecule has 0 bridgehead atoms. The number of ketones is 1. The SMILES string of the molecule is O=C1C(O)C2C(c3ccccc3)C2C1C(O)CSc1ccccc1. The summed E-state index contributed by atoms with van der Waals surface area (Å²) in [6, 6.07) is 19.9. The van der Waals surface area contributed by atoms with Gasteiger partial charge in [0.05, 0.1) is 12.0 Å². The van der Waals surface area contributed by atoms with Gasteiger partial charge in [0, 0.05) is 16.6 Å². The van der Waals surface area contributed by atoms with Gasteiger partial charge < -0.3 is 10.2 Å². The molecule has 0 amide bonds. The maximum absolute atomic E-state index is 12.4. The second-order valence-electron chi connectivity index (χ2n) is 6.66. The monoisotopic (exact) mass is 340 g/mol. The standard InChI is InChI=1S/C20H20O3S/c21-14(11-24-13-9-5-2-6-10-13)16-17-15(12-7-3-1-4-8-12)18(17)20(23)19(16)22/h1-10,14-18,20-21,23H,11H2. The van der Waals surface area contributed by atoms with Gasteiger partial charge in [0.1, 0.15) is 6.10 Å². The summed E-state index contributed by atoms with van der Waals surface area (Å²) in [5, 5.41) is 20.9. The third-order valence-electron chi connectivity index (χ3n) is 5.30. The second kappa shape index (κ2) is 6.36. The highest BCUT2D eigenvalue weighted by molar-refractivity contribution is 7.99. The molecule has 2 aliphatic rings. The first kappa shape index (κ1) is 15.9. The molecule has 3 nitrogen and oxygen atoms in total. The van der Waals surface area contributed by atoms with Crippen LogP contribution in [0.2, 0.25) is 0 Å². The van der Waals surface area contributed by atoms with Gasteiger partial charge in [-0.1, -0.05) is 48.5 Å². The van der Waals surface area contributed by atoms with Crippen molar-refractivity contribution in [2.45, 2.75) is 23.0 Å². The van der Waals surface area contributed by atoms with Gasteiger partial charge in [-0.25, -0.2) is 0 Å². The molecule has 2 N–H and O–H groups in total. The number of fused-ring (bicyclic) bond motifs is 1. The molecule has 0 radical (unpaired) electrons. The van der Waals surface area contributed by atoms with Crippen molar-refractivity contribution in [2.75, 3.05) is 5.75 Å². The van der Waals surface area contributed by atoms with Crippen LogP contribution >= 0.6 is 11.8 Å². The van der Waals surface area contributed by atoms with Crippen LogP contribution in [0.3, 0.4) is 0 Å². The van der Waals surface area contributed by atoms with E-state index in [2.05, 4.69) is 0 Å². The molecule has 6 atom stereocenters. The van der Waals surface area contributed by atoms with Gasteiger partial charge >= 0.3 is 0 Å². The fraction of sp³-hybridized carbons (Fsp3) is 0.350. The minimum absolute atomic E-state index is 0.0266. The van der Waals surface area contributed by atoms with Crippen molar-refractivity contribution in [3.8, 4) is 0 Å². The first-order valence-corrected chi connectivity index (χ1v) is 9.29. The minimum atomic E-state index is -0.929. The molecule has 0 aromatic heterocycles. The zero-order valence-corrected chi connectivity index (χ0v) is 14.0. The van der Waals surface area contributed by atoms with Crippen molar-refractivity contribution in [1.29, 1.82) is 0 Å². The number of aliphatic hydroxyl groups is 2. The molecule has 0 saturated heterocycles. The number of carbonyl (C=O) groups excluding carboxylic acids is 1. The van der Waals surface area contributed by atoms with E-state index in [1.807, 2.05) is 60.7 Å². The third-order valence-corrected chi connectivity index (χ3v) is 6.41. The molecule has 2 saturated carbocycles. The molecular weight excluding hydrogens is 320 g/mol. The Morgan fingerprint density at radius 3 is 2.25 bits per heavy atom. The van der Waals surface area contributed by atoms with Crippen molar-refractivity contribution in [3.05, 3.63) is 66.2 Å². The molecule has 0 aliphatic heterocycles. The molecule has 2 aromatic rings. The molecular formula is C20H20O3S. The Kier molecular flexibility index (Phi) is 4.21. The Labute approximate surface area is 145 Å². The summed E-state index contributed by atoms with van der Waals surface area (Å²) in [5.74, 6) is 0.0744. The van der Waals surface area contributed by atoms with Gasteiger partial charge in [0.2, 0.25) is 0 Å². The van der Waals surface area contributed by atoms with Crippen molar-refractivity contribution >= 4 is 17.5 Å². The van der Waals surface area contributed by atoms with Crippen LogP contribution < -0.4 is 0 Å². The smallest absolute Gasteiger partial charge is 0.167 e. The molecule has 2 aromatic carbocycles. The maximum atomic E-state index is 12.4. The quantitative estimate of drug-likeness (QED) is 0.822. The summed E-state index contributed by atoms with van der Waals surface area (Å²) in [4.78, 5) is 13.4. The van der Waals surface area contributed by atoms with Gasteiger partial charge in [-0.3, -0.25) is 4.79 Å². The Balaban J connectivity index is 1.47. The summed E-state index contributed by atoms with van der Waals surface area (Å²) in [5.41, 5.74) is 1.16. The van der Waals surface area contributed by atoms with E-state index in [-0.39, 0.29) is 23.5 Å². The zero-order valence-electron chi connectivity index (χ0n) is 13.2. The largest absolute Gasteiger partial charge is 0.391 e. The zero-order chi connectivity index (χ0) is 16.7. The van der Waals surface area contributed by atoms with Crippen LogP contribution in [0.5, 0.6) is 0 Å². The number of hydrogen-bond donors (Lipinski definition) is 2. The summed E-state index contributed by atoms with van der Waals surface area (Å²) >= 11 is 1.55. The first-order chi connectivity index (χ1) is 11.7. The Morgan fingerprint density at radius 1 is 0.958 bits per heavy atom. The van der Waals surface area contributed by atoms with Crippen LogP contribution in [-0.2, 0) is 4.79 Å². The third kappa shape index (κ3) is 2.69. The van der Waals surface area contributed by atoms with Crippen molar-refractivity contribution < 1.29 is 15.0 Å². The Hall–Kier alpha value is -1.62. The van der Waals surface area contributed by atoms with Gasteiger partial charge in [-0.05, 0) is 29.5 Å². The van der Waals surface area contributed by atoms with Crippen LogP contribution in [0, 0.1) is 17.8 Å². The number of hydrogen-bond acceptors (Lipinski definition) is 4. The lowest BCUT2D eigenvalue weighted by Crippen LogP contribution is -2.34. The van der Waals surface area contributed by atoms with E-state index in [4.69, 9.17) is 0 Å². The van der Waals surface area contributed by atoms with Crippen LogP contribution in [0.15, 0.2) is 65.6 Å². The predicted octanol–water partition coefficient (Wildman–Crippen LogP) is 2.73. The normalized spacial score (nSPS) is 32.4. The molecule has 24 heavy (non-hydrogen) atoms. The van der Waals surface area contributed by atoms with Gasteiger partial charge in [0.15, 0.2) is 5.78 Å². The van der Waals surface area contributed by atoms with Gasteiger partial charge in [-0.15, -0.1) is 11.8 Å². The molecule has 6 unspecified atom stereocenters. The summed E-state index contributed by atoms with van der Waals surface area (Å²) in [6.07, 6.45) is -1.65. The number of rotatable bonds is 5. The van der Waals surface area contributed by atoms with Crippen LogP contribution in [0.25, 0.3) is 0 Å². The summed E-state index contributed by atoms with van der Waals surface area (Å²) in [7, 11) is 0. The lowest BCUT2D eigenvalue weighted by Gasteiger charge is -2.21. The fourth-order valence-electron chi connectivity index (χ4n) is 4.17. The van der Waals surface area contributed by atoms with E-state index in [9.17, 15) is 15.0 Å². The highest BCUT2D eigenvalue weighted by Crippen LogP contribution is 2.65. The second-order valence-corrected chi connectivity index (χ2v) is 7.75. The number of aliphatic hydroxyl groups excluding tert-OH is 2. The highest BCUT2D eigenvalue weighted by atomic mass is 32.2. The topological polar surface area (TPSA) is 57.5 Å². The van der Waals surface area contributed by atoms with Gasteiger partial charge in [0.25, 0.3) is 0 Å². The number of benzene rings is 2. The fourth-order valence-corrected chi connectivity index (χ4v) is 5.09. The van der Waals surface area contributed by atoms with E-state index >= 15 is 0 Å². The Bertz CT molecular complexity index is 718. The lowest BCUT2D eigenvalue weighted by atomic mass is 9.90. The van der Waals surface area contributed by atoms with Crippen molar-refractivity contribution in [1.82, 2.24) is 0 Å². The first-order valence-electron chi connectivity index (χ1n) is 8.31. The van der Waals surface area contributed by atoms with Crippen molar-refractivity contribution in [2.24, 2.45) is 17.8 Å². The lowest BCUT2D eigenvalue weighted by molar-refractivity contribution is -0.132. The molecule has 2 aliphatic carbocycles. The molecule has 0 heterocycles. The Morgan fingerprint density at radius 2 is 1.58 bits per heavy atom. The predicted molar refractivity (Wildman–Crippen MR) is 93.8 cm³/mol. The average molecular weight is 340 g/mol. The summed E-state index contributed by atoms with van der Waals surface area (Å²) < 4.78 is 0. The van der Waals surface area contributed by atoms with E-state index in [1.165, 1.54) is 0 Å².